The van der Waals surface area contributed by atoms with Gasteiger partial charge in [-0.15, -0.1) is 0 Å². The fourth-order valence-electron chi connectivity index (χ4n) is 12.8. The van der Waals surface area contributed by atoms with Gasteiger partial charge in [0, 0.05) is 25.7 Å². The lowest BCUT2D eigenvalue weighted by Gasteiger charge is -2.21. The van der Waals surface area contributed by atoms with Gasteiger partial charge in [-0.2, -0.15) is 0 Å². The quantitative estimate of drug-likeness (QED) is 0.0222. The third kappa shape index (κ3) is 73.6. The molecule has 0 aromatic heterocycles. The molecule has 0 radical (unpaired) electrons. The van der Waals surface area contributed by atoms with Gasteiger partial charge in [-0.1, -0.05) is 382 Å². The van der Waals surface area contributed by atoms with Crippen molar-refractivity contribution >= 4 is 39.5 Å². The van der Waals surface area contributed by atoms with Gasteiger partial charge in [0.1, 0.15) is 19.3 Å². The molecule has 7 atom stereocenters. The van der Waals surface area contributed by atoms with Crippen LogP contribution in [0, 0.1) is 17.8 Å². The summed E-state index contributed by atoms with van der Waals surface area (Å²) in [6.07, 6.45) is 62.4. The SMILES string of the molecule is CCCCCCCCCCCCC(=O)OC[C@H](COP(=O)(O)OC[C@H](O)COP(=O)(O)OC[C@@H](COC(=O)CCCCCCCCCCCCCCCCC(C)CC)OC(=O)CCCCCCCCCCCCCCCCCCCCC(C)CC)OC(=O)CCCCCCCCCCCC(C)C. The maximum absolute atomic E-state index is 13.1. The zero-order valence-electron chi connectivity index (χ0n) is 67.1. The number of rotatable bonds is 81. The maximum atomic E-state index is 13.1. The molecule has 0 aromatic rings. The molecule has 0 aliphatic carbocycles. The molecule has 0 bridgehead atoms. The van der Waals surface area contributed by atoms with Gasteiger partial charge in [-0.3, -0.25) is 37.3 Å². The van der Waals surface area contributed by atoms with Gasteiger partial charge in [0.25, 0.3) is 0 Å². The van der Waals surface area contributed by atoms with Gasteiger partial charge in [0.15, 0.2) is 12.2 Å². The number of hydrogen-bond acceptors (Lipinski definition) is 15. The Labute approximate surface area is 626 Å². The summed E-state index contributed by atoms with van der Waals surface area (Å²) < 4.78 is 68.7. The van der Waals surface area contributed by atoms with E-state index in [-0.39, 0.29) is 25.7 Å². The molecule has 4 unspecified atom stereocenters. The van der Waals surface area contributed by atoms with E-state index in [2.05, 4.69) is 48.5 Å². The topological polar surface area (TPSA) is 237 Å². The van der Waals surface area contributed by atoms with E-state index in [1.165, 1.54) is 244 Å². The molecule has 0 aliphatic heterocycles. The van der Waals surface area contributed by atoms with Crippen molar-refractivity contribution in [1.82, 2.24) is 0 Å². The first-order chi connectivity index (χ1) is 49.3. The molecule has 0 aliphatic rings. The highest BCUT2D eigenvalue weighted by Gasteiger charge is 2.30. The summed E-state index contributed by atoms with van der Waals surface area (Å²) in [7, 11) is -9.92. The molecule has 0 aromatic carbocycles. The molecule has 0 amide bonds. The van der Waals surface area contributed by atoms with Crippen LogP contribution in [0.15, 0.2) is 0 Å². The minimum absolute atomic E-state index is 0.105. The lowest BCUT2D eigenvalue weighted by atomic mass is 9.99. The summed E-state index contributed by atoms with van der Waals surface area (Å²) in [4.78, 5) is 73.0. The van der Waals surface area contributed by atoms with Crippen LogP contribution in [-0.2, 0) is 65.4 Å². The largest absolute Gasteiger partial charge is 0.472 e. The Hall–Kier alpha value is -1.94. The number of aliphatic hydroxyl groups excluding tert-OH is 1. The first-order valence-corrected chi connectivity index (χ1v) is 45.9. The van der Waals surface area contributed by atoms with E-state index in [1.807, 2.05) is 0 Å². The van der Waals surface area contributed by atoms with E-state index in [0.717, 1.165) is 108 Å². The standard InChI is InChI=1S/C83H162O17P2/c1-8-11-12-13-14-15-36-43-50-57-64-80(85)93-70-79(100-83(88)67-60-53-46-39-32-33-40-47-54-61-74(4)5)73-98-102(91,92)96-69-77(84)68-95-101(89,90)97-72-78(71-94-81(86)65-58-51-44-37-30-26-23-22-25-29-35-42-49-56-63-76(7)10-3)99-82(87)66-59-52-45-38-31-27-21-19-17-16-18-20-24-28-34-41-48-55-62-75(6)9-2/h74-79,84H,8-73H2,1-7H3,(H,89,90)(H,91,92)/t75?,76?,77-,78-,79-/m1/s1. The second-order valence-electron chi connectivity index (χ2n) is 30.8. The van der Waals surface area contributed by atoms with Gasteiger partial charge >= 0.3 is 39.5 Å². The first kappa shape index (κ1) is 100. The lowest BCUT2D eigenvalue weighted by molar-refractivity contribution is -0.161. The number of aliphatic hydroxyl groups is 1. The summed E-state index contributed by atoms with van der Waals surface area (Å²) in [6, 6.07) is 0. The second kappa shape index (κ2) is 73.2. The van der Waals surface area contributed by atoms with Gasteiger partial charge in [0.2, 0.25) is 0 Å². The summed E-state index contributed by atoms with van der Waals surface area (Å²) in [5.41, 5.74) is 0. The molecule has 19 heteroatoms. The second-order valence-corrected chi connectivity index (χ2v) is 33.7. The monoisotopic (exact) mass is 1490 g/mol. The molecule has 0 rings (SSSR count). The number of unbranched alkanes of at least 4 members (excludes halogenated alkanes) is 47. The van der Waals surface area contributed by atoms with E-state index in [1.54, 1.807) is 0 Å². The molecule has 0 fully saturated rings. The van der Waals surface area contributed by atoms with Crippen LogP contribution in [0.5, 0.6) is 0 Å². The highest BCUT2D eigenvalue weighted by Crippen LogP contribution is 2.45. The summed E-state index contributed by atoms with van der Waals surface area (Å²) in [5.74, 6) is 0.348. The Kier molecular flexibility index (Phi) is 71.8. The number of ether oxygens (including phenoxy) is 4. The van der Waals surface area contributed by atoms with Crippen molar-refractivity contribution in [3.63, 3.8) is 0 Å². The Morgan fingerprint density at radius 1 is 0.284 bits per heavy atom. The zero-order valence-corrected chi connectivity index (χ0v) is 68.9. The fraction of sp³-hybridized carbons (Fsp3) is 0.952. The van der Waals surface area contributed by atoms with Crippen molar-refractivity contribution in [2.75, 3.05) is 39.6 Å². The minimum Gasteiger partial charge on any atom is -0.462 e. The highest BCUT2D eigenvalue weighted by molar-refractivity contribution is 7.47. The number of phosphoric acid groups is 2. The van der Waals surface area contributed by atoms with Gasteiger partial charge in [-0.05, 0) is 43.4 Å². The third-order valence-electron chi connectivity index (χ3n) is 20.1. The molecule has 0 heterocycles. The third-order valence-corrected chi connectivity index (χ3v) is 22.0. The van der Waals surface area contributed by atoms with E-state index < -0.39 is 97.5 Å². The predicted octanol–water partition coefficient (Wildman–Crippen LogP) is 24.9. The van der Waals surface area contributed by atoms with Crippen LogP contribution in [0.1, 0.15) is 434 Å². The molecule has 0 spiro atoms. The molecule has 0 saturated carbocycles. The molecular formula is C83H162O17P2. The predicted molar refractivity (Wildman–Crippen MR) is 418 cm³/mol. The number of esters is 4. The van der Waals surface area contributed by atoms with Crippen LogP contribution >= 0.6 is 15.6 Å². The molecule has 3 N–H and O–H groups in total. The van der Waals surface area contributed by atoms with E-state index in [4.69, 9.17) is 37.0 Å². The molecule has 102 heavy (non-hydrogen) atoms. The van der Waals surface area contributed by atoms with Gasteiger partial charge in [-0.25, -0.2) is 9.13 Å². The van der Waals surface area contributed by atoms with Crippen LogP contribution in [0.4, 0.5) is 0 Å². The van der Waals surface area contributed by atoms with E-state index in [9.17, 15) is 43.2 Å². The van der Waals surface area contributed by atoms with Crippen LogP contribution in [0.2, 0.25) is 0 Å². The van der Waals surface area contributed by atoms with Crippen LogP contribution in [-0.4, -0.2) is 96.7 Å². The first-order valence-electron chi connectivity index (χ1n) is 42.9. The summed E-state index contributed by atoms with van der Waals surface area (Å²) in [6.45, 7) is 12.0. The number of carbonyl (C=O) groups is 4. The fourth-order valence-corrected chi connectivity index (χ4v) is 14.4. The molecule has 606 valence electrons. The lowest BCUT2D eigenvalue weighted by Crippen LogP contribution is -2.30. The van der Waals surface area contributed by atoms with E-state index >= 15 is 0 Å². The van der Waals surface area contributed by atoms with E-state index in [0.29, 0.717) is 25.7 Å². The van der Waals surface area contributed by atoms with Crippen molar-refractivity contribution < 1.29 is 80.2 Å². The highest BCUT2D eigenvalue weighted by atomic mass is 31.2. The van der Waals surface area contributed by atoms with Gasteiger partial charge < -0.3 is 33.8 Å². The van der Waals surface area contributed by atoms with Crippen LogP contribution in [0.25, 0.3) is 0 Å². The Bertz CT molecular complexity index is 1980. The van der Waals surface area contributed by atoms with Crippen molar-refractivity contribution in [2.45, 2.75) is 452 Å². The summed E-state index contributed by atoms with van der Waals surface area (Å²) in [5, 5.41) is 10.6. The van der Waals surface area contributed by atoms with Crippen molar-refractivity contribution in [2.24, 2.45) is 17.8 Å². The average molecular weight is 1490 g/mol. The summed E-state index contributed by atoms with van der Waals surface area (Å²) >= 11 is 0. The average Bonchev–Trinajstić information content (AvgIpc) is 0.915. The number of carbonyl (C=O) groups excluding carboxylic acids is 4. The van der Waals surface area contributed by atoms with Crippen LogP contribution < -0.4 is 0 Å². The van der Waals surface area contributed by atoms with Crippen LogP contribution in [0.3, 0.4) is 0 Å². The Morgan fingerprint density at radius 3 is 0.745 bits per heavy atom. The zero-order chi connectivity index (χ0) is 75.1. The van der Waals surface area contributed by atoms with Crippen molar-refractivity contribution in [3.05, 3.63) is 0 Å². The molecular weight excluding hydrogens is 1330 g/mol. The maximum Gasteiger partial charge on any atom is 0.472 e. The Morgan fingerprint density at radius 2 is 0.500 bits per heavy atom. The Balaban J connectivity index is 5.21. The number of phosphoric ester groups is 2. The van der Waals surface area contributed by atoms with Crippen molar-refractivity contribution in [3.8, 4) is 0 Å². The smallest absolute Gasteiger partial charge is 0.462 e. The normalized spacial score (nSPS) is 14.5. The molecule has 0 saturated heterocycles. The van der Waals surface area contributed by atoms with Crippen molar-refractivity contribution in [1.29, 1.82) is 0 Å². The van der Waals surface area contributed by atoms with Gasteiger partial charge in [0.05, 0.1) is 26.4 Å². The number of hydrogen-bond donors (Lipinski definition) is 3. The molecule has 17 nitrogen and oxygen atoms in total. The minimum atomic E-state index is -4.96.